The first-order valence-electron chi connectivity index (χ1n) is 22.1. The van der Waals surface area contributed by atoms with Gasteiger partial charge < -0.3 is 78.0 Å². The average molecular weight is 977 g/mol. The Morgan fingerprint density at radius 1 is 0.868 bits per heavy atom. The van der Waals surface area contributed by atoms with Gasteiger partial charge in [0.15, 0.2) is 0 Å². The molecule has 25 nitrogen and oxygen atoms in total. The van der Waals surface area contributed by atoms with E-state index in [2.05, 4.69) is 42.2 Å². The summed E-state index contributed by atoms with van der Waals surface area (Å²) < 4.78 is 20.5. The SMILES string of the molecule is CCC(C)C1NC(=O)CNC(=O)C2Cc3c([nH]c4cc(OCC(C)O)ccc34)S(=O)CC(NC(=O)CNC1=O)C(=O)NC(CC(N)=O)C(=O)N1CC(O)CC1C(=O)NC(C(C)C(O)CO)C(=O)N2. The third kappa shape index (κ3) is 13.1. The molecule has 1 fully saturated rings. The second-order valence-electron chi connectivity index (χ2n) is 17.3. The zero-order valence-electron chi connectivity index (χ0n) is 37.9. The molecule has 4 heterocycles. The van der Waals surface area contributed by atoms with Crippen LogP contribution in [0.1, 0.15) is 52.5 Å². The fourth-order valence-corrected chi connectivity index (χ4v) is 9.40. The predicted molar refractivity (Wildman–Crippen MR) is 238 cm³/mol. The normalized spacial score (nSPS) is 28.0. The summed E-state index contributed by atoms with van der Waals surface area (Å²) in [6, 6.07) is -5.47. The molecule has 1 saturated heterocycles. The van der Waals surface area contributed by atoms with Gasteiger partial charge in [0.2, 0.25) is 53.2 Å². The molecule has 3 aliphatic heterocycles. The Bertz CT molecular complexity index is 2290. The minimum atomic E-state index is -2.39. The lowest BCUT2D eigenvalue weighted by atomic mass is 9.93. The van der Waals surface area contributed by atoms with Crippen molar-refractivity contribution in [3.05, 3.63) is 23.8 Å². The monoisotopic (exact) mass is 976 g/mol. The van der Waals surface area contributed by atoms with Crippen molar-refractivity contribution in [1.82, 2.24) is 47.1 Å². The molecule has 0 spiro atoms. The van der Waals surface area contributed by atoms with Gasteiger partial charge in [-0.05, 0) is 30.5 Å². The van der Waals surface area contributed by atoms with Gasteiger partial charge in [0, 0.05) is 36.8 Å². The molecule has 0 aliphatic carbocycles. The number of nitrogens with zero attached hydrogens (tertiary/aromatic N) is 1. The van der Waals surface area contributed by atoms with E-state index in [1.807, 2.05) is 0 Å². The molecule has 12 unspecified atom stereocenters. The van der Waals surface area contributed by atoms with E-state index in [-0.39, 0.29) is 28.5 Å². The van der Waals surface area contributed by atoms with E-state index in [0.29, 0.717) is 11.8 Å². The van der Waals surface area contributed by atoms with Crippen LogP contribution < -0.4 is 47.7 Å². The van der Waals surface area contributed by atoms with Gasteiger partial charge in [0.25, 0.3) is 0 Å². The highest BCUT2D eigenvalue weighted by molar-refractivity contribution is 7.85. The standard InChI is InChI=1S/C42H60N10O15S/c1-5-18(2)34-39(63)45-12-32(58)46-28-17-68(66)41-24(23-7-6-22(9-25(23)49-41)67-16-19(3)54)10-26(36(60)44-13-33(59)50-34)47-40(64)35(20(4)30(56)15-53)51-38(62)29-8-21(55)14-52(29)42(65)27(11-31(43)57)48-37(28)61/h6-7,9,18-21,26-30,34-35,49,53-56H,5,8,10-17H2,1-4H3,(H2,43,57)(H,44,60)(H,45,63)(H,46,58)(H,47,64)(H,48,61)(H,50,59)(H,51,62). The predicted octanol–water partition coefficient (Wildman–Crippen LogP) is -5.87. The number of rotatable bonds is 10. The lowest BCUT2D eigenvalue weighted by Gasteiger charge is -2.32. The maximum atomic E-state index is 14.8. The second-order valence-corrected chi connectivity index (χ2v) is 18.7. The number of aliphatic hydroxyl groups is 4. The van der Waals surface area contributed by atoms with E-state index in [1.54, 1.807) is 13.8 Å². The number of carbonyl (C=O) groups is 9. The number of nitrogens with one attached hydrogen (secondary N) is 8. The molecule has 2 bridgehead atoms. The van der Waals surface area contributed by atoms with Gasteiger partial charge in [-0.25, -0.2) is 0 Å². The number of primary amides is 1. The molecular weight excluding hydrogens is 917 g/mol. The summed E-state index contributed by atoms with van der Waals surface area (Å²) in [5, 5.41) is 58.6. The maximum absolute atomic E-state index is 14.8. The van der Waals surface area contributed by atoms with E-state index in [1.165, 1.54) is 32.0 Å². The summed E-state index contributed by atoms with van der Waals surface area (Å²) in [5.41, 5.74) is 5.86. The molecule has 9 amide bonds. The number of hydrogen-bond acceptors (Lipinski definition) is 15. The van der Waals surface area contributed by atoms with Crippen molar-refractivity contribution < 1.29 is 72.5 Å². The molecule has 1 aromatic carbocycles. The summed E-state index contributed by atoms with van der Waals surface area (Å²) >= 11 is 0. The van der Waals surface area contributed by atoms with Crippen LogP contribution in [-0.4, -0.2) is 181 Å². The van der Waals surface area contributed by atoms with Gasteiger partial charge >= 0.3 is 0 Å². The average Bonchev–Trinajstić information content (AvgIpc) is 3.87. The molecule has 374 valence electrons. The minimum Gasteiger partial charge on any atom is -0.491 e. The van der Waals surface area contributed by atoms with Crippen molar-refractivity contribution in [1.29, 1.82) is 0 Å². The maximum Gasteiger partial charge on any atom is 0.246 e. The highest BCUT2D eigenvalue weighted by Crippen LogP contribution is 2.31. The highest BCUT2D eigenvalue weighted by Gasteiger charge is 2.45. The van der Waals surface area contributed by atoms with Gasteiger partial charge in [-0.3, -0.25) is 47.4 Å². The first-order chi connectivity index (χ1) is 32.1. The van der Waals surface area contributed by atoms with Crippen LogP contribution in [0.2, 0.25) is 0 Å². The summed E-state index contributed by atoms with van der Waals surface area (Å²) in [6.45, 7) is 3.13. The number of carbonyl (C=O) groups excluding carboxylic acids is 9. The minimum absolute atomic E-state index is 0.100. The topological polar surface area (TPSA) is 390 Å². The smallest absolute Gasteiger partial charge is 0.246 e. The van der Waals surface area contributed by atoms with E-state index in [0.717, 1.165) is 4.90 Å². The number of amides is 9. The summed E-state index contributed by atoms with van der Waals surface area (Å²) in [6.07, 6.45) is -5.31. The highest BCUT2D eigenvalue weighted by atomic mass is 32.2. The van der Waals surface area contributed by atoms with Crippen molar-refractivity contribution in [3.8, 4) is 5.75 Å². The van der Waals surface area contributed by atoms with Gasteiger partial charge in [-0.1, -0.05) is 27.2 Å². The molecule has 0 saturated carbocycles. The molecule has 14 N–H and O–H groups in total. The van der Waals surface area contributed by atoms with E-state index in [4.69, 9.17) is 10.5 Å². The number of hydrogen-bond donors (Lipinski definition) is 13. The largest absolute Gasteiger partial charge is 0.491 e. The van der Waals surface area contributed by atoms with Crippen LogP contribution in [0.4, 0.5) is 0 Å². The number of ether oxygens (including phenoxy) is 1. The van der Waals surface area contributed by atoms with Crippen LogP contribution in [0.3, 0.4) is 0 Å². The van der Waals surface area contributed by atoms with Crippen LogP contribution in [0, 0.1) is 11.8 Å². The quantitative estimate of drug-likeness (QED) is 0.105. The van der Waals surface area contributed by atoms with Crippen molar-refractivity contribution in [3.63, 3.8) is 0 Å². The molecule has 1 aromatic heterocycles. The van der Waals surface area contributed by atoms with Crippen molar-refractivity contribution in [2.24, 2.45) is 17.6 Å². The van der Waals surface area contributed by atoms with Gasteiger partial charge in [-0.15, -0.1) is 0 Å². The molecule has 12 atom stereocenters. The van der Waals surface area contributed by atoms with E-state index in [9.17, 15) is 67.8 Å². The zero-order valence-corrected chi connectivity index (χ0v) is 38.7. The number of benzene rings is 1. The Balaban J connectivity index is 1.75. The molecule has 0 radical (unpaired) electrons. The Hall–Kier alpha value is -6.22. The van der Waals surface area contributed by atoms with E-state index >= 15 is 0 Å². The molecule has 3 aliphatic rings. The van der Waals surface area contributed by atoms with Crippen molar-refractivity contribution in [2.75, 3.05) is 38.6 Å². The van der Waals surface area contributed by atoms with E-state index < -0.39 is 182 Å². The Kier molecular flexibility index (Phi) is 18.0. The first-order valence-corrected chi connectivity index (χ1v) is 23.4. The number of aromatic nitrogens is 1. The number of aromatic amines is 1. The summed E-state index contributed by atoms with van der Waals surface area (Å²) in [4.78, 5) is 128. The fourth-order valence-electron chi connectivity index (χ4n) is 8.00. The van der Waals surface area contributed by atoms with Gasteiger partial charge in [0.1, 0.15) is 53.6 Å². The van der Waals surface area contributed by atoms with Crippen molar-refractivity contribution >= 4 is 74.9 Å². The zero-order chi connectivity index (χ0) is 50.1. The number of H-pyrrole nitrogens is 1. The summed E-state index contributed by atoms with van der Waals surface area (Å²) in [5.74, 6) is -11.6. The number of fused-ring (bicyclic) bond motifs is 5. The fraction of sp³-hybridized carbons (Fsp3) is 0.595. The molecule has 5 rings (SSSR count). The van der Waals surface area contributed by atoms with Gasteiger partial charge in [0.05, 0.1) is 66.5 Å². The molecule has 26 heteroatoms. The van der Waals surface area contributed by atoms with Crippen LogP contribution >= 0.6 is 0 Å². The Morgan fingerprint density at radius 2 is 1.54 bits per heavy atom. The van der Waals surface area contributed by atoms with Crippen LogP contribution in [-0.2, 0) is 60.4 Å². The third-order valence-electron chi connectivity index (χ3n) is 12.0. The summed E-state index contributed by atoms with van der Waals surface area (Å²) in [7, 11) is -2.39. The van der Waals surface area contributed by atoms with Crippen LogP contribution in [0.25, 0.3) is 10.9 Å². The van der Waals surface area contributed by atoms with Crippen LogP contribution in [0.5, 0.6) is 5.75 Å². The number of aliphatic hydroxyl groups excluding tert-OH is 4. The molecular formula is C42H60N10O15S. The lowest BCUT2D eigenvalue weighted by molar-refractivity contribution is -0.144. The molecule has 2 aromatic rings. The van der Waals surface area contributed by atoms with Gasteiger partial charge in [-0.2, -0.15) is 0 Å². The van der Waals surface area contributed by atoms with Crippen LogP contribution in [0.15, 0.2) is 23.2 Å². The first kappa shape index (κ1) is 52.7. The lowest BCUT2D eigenvalue weighted by Crippen LogP contribution is -2.62. The Morgan fingerprint density at radius 3 is 2.19 bits per heavy atom. The molecule has 68 heavy (non-hydrogen) atoms. The third-order valence-corrected chi connectivity index (χ3v) is 13.5. The van der Waals surface area contributed by atoms with Crippen molar-refractivity contribution in [2.45, 2.75) is 113 Å². The Labute approximate surface area is 392 Å². The second kappa shape index (κ2) is 23.2. The number of nitrogens with two attached hydrogens (primary N) is 1.